The average molecular weight is 510 g/mol. The van der Waals surface area contributed by atoms with E-state index < -0.39 is 17.7 Å². The highest BCUT2D eigenvalue weighted by Crippen LogP contribution is 2.42. The number of Topliss-reactive ketones (excluding diaryl/α,β-unsaturated/α-hetero) is 1. The fourth-order valence-electron chi connectivity index (χ4n) is 4.68. The van der Waals surface area contributed by atoms with E-state index in [4.69, 9.17) is 18.6 Å². The van der Waals surface area contributed by atoms with Gasteiger partial charge in [-0.15, -0.1) is 0 Å². The Balaban J connectivity index is 1.45. The maximum absolute atomic E-state index is 13.4. The minimum Gasteiger partial charge on any atom is -0.507 e. The number of likely N-dealkylation sites (tertiary alicyclic amines) is 1. The lowest BCUT2D eigenvalue weighted by Gasteiger charge is -2.25. The molecule has 3 heterocycles. The Kier molecular flexibility index (Phi) is 6.05. The first-order valence-corrected chi connectivity index (χ1v) is 12.1. The number of ketones is 1. The van der Waals surface area contributed by atoms with Crippen LogP contribution in [0, 0.1) is 0 Å². The van der Waals surface area contributed by atoms with Crippen molar-refractivity contribution in [2.45, 2.75) is 12.6 Å². The van der Waals surface area contributed by atoms with Gasteiger partial charge in [0.25, 0.3) is 11.7 Å². The van der Waals surface area contributed by atoms with Crippen LogP contribution in [0.15, 0.2) is 101 Å². The van der Waals surface area contributed by atoms with Crippen molar-refractivity contribution in [1.82, 2.24) is 4.90 Å². The first kappa shape index (κ1) is 23.4. The number of aliphatic hydroxyl groups is 1. The van der Waals surface area contributed by atoms with Gasteiger partial charge in [-0.05, 0) is 60.2 Å². The highest BCUT2D eigenvalue weighted by Gasteiger charge is 2.46. The first-order chi connectivity index (χ1) is 18.6. The second kappa shape index (κ2) is 9.82. The van der Waals surface area contributed by atoms with Gasteiger partial charge >= 0.3 is 0 Å². The second-order valence-corrected chi connectivity index (χ2v) is 8.85. The Bertz CT molecular complexity index is 1530. The zero-order valence-corrected chi connectivity index (χ0v) is 20.2. The third-order valence-corrected chi connectivity index (χ3v) is 6.41. The lowest BCUT2D eigenvalue weighted by Crippen LogP contribution is -2.29. The van der Waals surface area contributed by atoms with E-state index in [1.165, 1.54) is 11.2 Å². The van der Waals surface area contributed by atoms with Gasteiger partial charge in [-0.1, -0.05) is 30.3 Å². The zero-order chi connectivity index (χ0) is 26.1. The van der Waals surface area contributed by atoms with Crippen molar-refractivity contribution in [3.8, 4) is 23.0 Å². The first-order valence-electron chi connectivity index (χ1n) is 12.1. The molecule has 1 saturated heterocycles. The number of furan rings is 1. The van der Waals surface area contributed by atoms with E-state index in [9.17, 15) is 14.7 Å². The van der Waals surface area contributed by atoms with E-state index in [2.05, 4.69) is 0 Å². The number of rotatable bonds is 6. The molecule has 0 bridgehead atoms. The molecular formula is C30H23NO7. The van der Waals surface area contributed by atoms with Crippen LogP contribution >= 0.6 is 0 Å². The minimum absolute atomic E-state index is 0.0323. The molecule has 2 aliphatic heterocycles. The molecule has 38 heavy (non-hydrogen) atoms. The number of hydrogen-bond acceptors (Lipinski definition) is 7. The Hall–Kier alpha value is -4.98. The number of amides is 1. The number of carbonyl (C=O) groups is 2. The molecule has 1 unspecified atom stereocenters. The largest absolute Gasteiger partial charge is 0.507 e. The van der Waals surface area contributed by atoms with Gasteiger partial charge in [0.05, 0.1) is 24.4 Å². The summed E-state index contributed by atoms with van der Waals surface area (Å²) >= 11 is 0. The summed E-state index contributed by atoms with van der Waals surface area (Å²) in [5.41, 5.74) is 0.908. The van der Waals surface area contributed by atoms with Crippen LogP contribution in [-0.2, 0) is 16.1 Å². The van der Waals surface area contributed by atoms with Crippen molar-refractivity contribution in [3.63, 3.8) is 0 Å². The van der Waals surface area contributed by atoms with Crippen LogP contribution in [0.1, 0.15) is 22.9 Å². The van der Waals surface area contributed by atoms with Crippen molar-refractivity contribution >= 4 is 17.4 Å². The van der Waals surface area contributed by atoms with Gasteiger partial charge in [0.2, 0.25) is 0 Å². The lowest BCUT2D eigenvalue weighted by atomic mass is 9.95. The quantitative estimate of drug-likeness (QED) is 0.209. The standard InChI is InChI=1S/C30H23NO7/c32-28(20-11-12-24-25(17-20)37-15-14-36-24)26-27(31(30(34)29(26)33)18-23-10-5-13-35-23)19-6-4-9-22(16-19)38-21-7-2-1-3-8-21/h1-13,16-17,27,32H,14-15,18H2. The van der Waals surface area contributed by atoms with Crippen LogP contribution in [0.25, 0.3) is 5.76 Å². The van der Waals surface area contributed by atoms with Gasteiger partial charge in [-0.2, -0.15) is 0 Å². The molecule has 0 radical (unpaired) electrons. The SMILES string of the molecule is O=C1C(=O)N(Cc2ccco2)C(c2cccc(Oc3ccccc3)c2)C1=C(O)c1ccc2c(c1)OCCO2. The summed E-state index contributed by atoms with van der Waals surface area (Å²) in [6.45, 7) is 0.848. The molecule has 2 aliphatic rings. The van der Waals surface area contributed by atoms with E-state index in [1.807, 2.05) is 30.3 Å². The molecule has 0 aliphatic carbocycles. The number of hydrogen-bond donors (Lipinski definition) is 1. The van der Waals surface area contributed by atoms with Crippen molar-refractivity contribution < 1.29 is 33.3 Å². The fraction of sp³-hybridized carbons (Fsp3) is 0.133. The molecule has 1 N–H and O–H groups in total. The lowest BCUT2D eigenvalue weighted by molar-refractivity contribution is -0.140. The van der Waals surface area contributed by atoms with Gasteiger partial charge in [0, 0.05) is 5.56 Å². The van der Waals surface area contributed by atoms with E-state index in [1.54, 1.807) is 54.6 Å². The van der Waals surface area contributed by atoms with Gasteiger partial charge in [-0.3, -0.25) is 9.59 Å². The number of carbonyl (C=O) groups excluding carboxylic acids is 2. The molecule has 1 fully saturated rings. The maximum Gasteiger partial charge on any atom is 0.296 e. The Morgan fingerprint density at radius 1 is 0.868 bits per heavy atom. The predicted octanol–water partition coefficient (Wildman–Crippen LogP) is 5.47. The van der Waals surface area contributed by atoms with Gasteiger partial charge < -0.3 is 28.6 Å². The molecule has 8 heteroatoms. The number of nitrogens with zero attached hydrogens (tertiary/aromatic N) is 1. The molecule has 4 aromatic rings. The van der Waals surface area contributed by atoms with Gasteiger partial charge in [0.15, 0.2) is 11.5 Å². The smallest absolute Gasteiger partial charge is 0.296 e. The van der Waals surface area contributed by atoms with Crippen molar-refractivity contribution in [2.75, 3.05) is 13.2 Å². The molecule has 1 amide bonds. The molecule has 3 aromatic carbocycles. The maximum atomic E-state index is 13.4. The van der Waals surface area contributed by atoms with Crippen LogP contribution < -0.4 is 14.2 Å². The van der Waals surface area contributed by atoms with Gasteiger partial charge in [0.1, 0.15) is 36.2 Å². The highest BCUT2D eigenvalue weighted by molar-refractivity contribution is 6.46. The Morgan fingerprint density at radius 3 is 2.45 bits per heavy atom. The van der Waals surface area contributed by atoms with Crippen LogP contribution in [0.3, 0.4) is 0 Å². The van der Waals surface area contributed by atoms with E-state index in [0.29, 0.717) is 53.1 Å². The molecule has 0 saturated carbocycles. The summed E-state index contributed by atoms with van der Waals surface area (Å²) in [6.07, 6.45) is 1.50. The van der Waals surface area contributed by atoms with Crippen LogP contribution in [0.2, 0.25) is 0 Å². The normalized spacial score (nSPS) is 18.0. The molecule has 1 aromatic heterocycles. The average Bonchev–Trinajstić information content (AvgIpc) is 3.55. The summed E-state index contributed by atoms with van der Waals surface area (Å²) in [5.74, 6) is 0.855. The number of para-hydroxylation sites is 1. The highest BCUT2D eigenvalue weighted by atomic mass is 16.6. The monoisotopic (exact) mass is 509 g/mol. The predicted molar refractivity (Wildman–Crippen MR) is 137 cm³/mol. The van der Waals surface area contributed by atoms with Crippen LogP contribution in [0.4, 0.5) is 0 Å². The molecule has 6 rings (SSSR count). The van der Waals surface area contributed by atoms with Crippen LogP contribution in [-0.4, -0.2) is 34.9 Å². The second-order valence-electron chi connectivity index (χ2n) is 8.85. The van der Waals surface area contributed by atoms with E-state index >= 15 is 0 Å². The molecule has 0 spiro atoms. The number of fused-ring (bicyclic) bond motifs is 1. The zero-order valence-electron chi connectivity index (χ0n) is 20.2. The number of benzene rings is 3. The molecule has 8 nitrogen and oxygen atoms in total. The summed E-state index contributed by atoms with van der Waals surface area (Å²) in [7, 11) is 0. The summed E-state index contributed by atoms with van der Waals surface area (Å²) in [4.78, 5) is 28.1. The summed E-state index contributed by atoms with van der Waals surface area (Å²) < 4.78 is 22.7. The summed E-state index contributed by atoms with van der Waals surface area (Å²) in [6, 6.07) is 23.9. The Morgan fingerprint density at radius 2 is 1.66 bits per heavy atom. The number of ether oxygens (including phenoxy) is 3. The van der Waals surface area contributed by atoms with Crippen molar-refractivity contribution in [3.05, 3.63) is 114 Å². The fourth-order valence-corrected chi connectivity index (χ4v) is 4.68. The molecular weight excluding hydrogens is 486 g/mol. The third-order valence-electron chi connectivity index (χ3n) is 6.41. The van der Waals surface area contributed by atoms with Gasteiger partial charge in [-0.25, -0.2) is 0 Å². The number of aliphatic hydroxyl groups excluding tert-OH is 1. The molecule has 1 atom stereocenters. The third kappa shape index (κ3) is 4.37. The Labute approximate surface area is 218 Å². The van der Waals surface area contributed by atoms with Crippen LogP contribution in [0.5, 0.6) is 23.0 Å². The summed E-state index contributed by atoms with van der Waals surface area (Å²) in [5, 5.41) is 11.4. The van der Waals surface area contributed by atoms with E-state index in [0.717, 1.165) is 0 Å². The van der Waals surface area contributed by atoms with E-state index in [-0.39, 0.29) is 17.9 Å². The minimum atomic E-state index is -0.882. The van der Waals surface area contributed by atoms with Crippen molar-refractivity contribution in [2.24, 2.45) is 0 Å². The topological polar surface area (TPSA) is 98.4 Å². The molecule has 190 valence electrons. The van der Waals surface area contributed by atoms with Crippen molar-refractivity contribution in [1.29, 1.82) is 0 Å².